The quantitative estimate of drug-likeness (QED) is 0.605. The van der Waals surface area contributed by atoms with Crippen LogP contribution in [0.5, 0.6) is 5.75 Å². The molecule has 1 amide bonds. The normalized spacial score (nSPS) is 11.6. The molecule has 0 fully saturated rings. The van der Waals surface area contributed by atoms with E-state index in [0.717, 1.165) is 35.3 Å². The van der Waals surface area contributed by atoms with Gasteiger partial charge in [-0.2, -0.15) is 0 Å². The van der Waals surface area contributed by atoms with Crippen LogP contribution in [0, 0.1) is 6.92 Å². The molecule has 3 aromatic rings. The maximum atomic E-state index is 12.8. The lowest BCUT2D eigenvalue weighted by atomic mass is 9.99. The molecule has 0 aliphatic heterocycles. The summed E-state index contributed by atoms with van der Waals surface area (Å²) >= 11 is 0. The van der Waals surface area contributed by atoms with Crippen LogP contribution in [0.4, 0.5) is 0 Å². The Morgan fingerprint density at radius 3 is 2.36 bits per heavy atom. The predicted octanol–water partition coefficient (Wildman–Crippen LogP) is 4.98. The maximum Gasteiger partial charge on any atom is 0.251 e. The molecule has 3 aromatic carbocycles. The van der Waals surface area contributed by atoms with Crippen LogP contribution in [0.1, 0.15) is 34.0 Å². The molecule has 0 aromatic heterocycles. The predicted molar refractivity (Wildman–Crippen MR) is 114 cm³/mol. The average molecular weight is 373 g/mol. The van der Waals surface area contributed by atoms with Crippen LogP contribution in [0.3, 0.4) is 0 Å². The van der Waals surface area contributed by atoms with Gasteiger partial charge in [-0.25, -0.2) is 0 Å². The largest absolute Gasteiger partial charge is 0.491 e. The Balaban J connectivity index is 1.58. The fourth-order valence-electron chi connectivity index (χ4n) is 3.16. The van der Waals surface area contributed by atoms with Crippen LogP contribution in [0.15, 0.2) is 78.9 Å². The van der Waals surface area contributed by atoms with Crippen LogP contribution in [-0.4, -0.2) is 18.6 Å². The Kier molecular flexibility index (Phi) is 6.85. The fourth-order valence-corrected chi connectivity index (χ4v) is 3.16. The second-order valence-electron chi connectivity index (χ2n) is 7.09. The van der Waals surface area contributed by atoms with Gasteiger partial charge in [0.25, 0.3) is 5.91 Å². The van der Waals surface area contributed by atoms with E-state index in [2.05, 4.69) is 17.4 Å². The van der Waals surface area contributed by atoms with E-state index in [1.165, 1.54) is 5.56 Å². The first kappa shape index (κ1) is 19.7. The van der Waals surface area contributed by atoms with Gasteiger partial charge in [-0.1, -0.05) is 66.7 Å². The third kappa shape index (κ3) is 5.46. The van der Waals surface area contributed by atoms with Crippen molar-refractivity contribution < 1.29 is 9.53 Å². The number of ether oxygens (including phenoxy) is 1. The summed E-state index contributed by atoms with van der Waals surface area (Å²) in [5, 5.41) is 3.06. The highest BCUT2D eigenvalue weighted by molar-refractivity contribution is 5.95. The van der Waals surface area contributed by atoms with Crippen LogP contribution in [-0.2, 0) is 12.8 Å². The highest BCUT2D eigenvalue weighted by atomic mass is 16.5. The number of hydrogen-bond acceptors (Lipinski definition) is 2. The van der Waals surface area contributed by atoms with Gasteiger partial charge in [0.1, 0.15) is 12.4 Å². The monoisotopic (exact) mass is 373 g/mol. The van der Waals surface area contributed by atoms with Gasteiger partial charge in [-0.3, -0.25) is 4.79 Å². The highest BCUT2D eigenvalue weighted by Gasteiger charge is 2.14. The molecule has 0 saturated carbocycles. The lowest BCUT2D eigenvalue weighted by molar-refractivity contribution is 0.0925. The van der Waals surface area contributed by atoms with E-state index >= 15 is 0 Å². The molecule has 0 heterocycles. The molecular formula is C25H27NO2. The first-order valence-electron chi connectivity index (χ1n) is 9.74. The van der Waals surface area contributed by atoms with Crippen molar-refractivity contribution in [3.05, 3.63) is 101 Å². The fraction of sp³-hybridized carbons (Fsp3) is 0.240. The summed E-state index contributed by atoms with van der Waals surface area (Å²) in [5.41, 5.74) is 4.17. The molecule has 1 atom stereocenters. The molecule has 144 valence electrons. The number of amides is 1. The second-order valence-corrected chi connectivity index (χ2v) is 7.09. The second kappa shape index (κ2) is 9.75. The van der Waals surface area contributed by atoms with Crippen molar-refractivity contribution in [3.8, 4) is 5.75 Å². The zero-order valence-corrected chi connectivity index (χ0v) is 16.5. The molecule has 3 rings (SSSR count). The van der Waals surface area contributed by atoms with Gasteiger partial charge in [0.2, 0.25) is 0 Å². The first-order chi connectivity index (χ1) is 13.6. The van der Waals surface area contributed by atoms with Gasteiger partial charge in [-0.05, 0) is 55.5 Å². The van der Waals surface area contributed by atoms with E-state index in [-0.39, 0.29) is 11.9 Å². The Bertz CT molecular complexity index is 905. The zero-order chi connectivity index (χ0) is 19.8. The summed E-state index contributed by atoms with van der Waals surface area (Å²) in [6.07, 6.45) is 1.75. The van der Waals surface area contributed by atoms with E-state index in [1.807, 2.05) is 80.6 Å². The number of rotatable bonds is 8. The third-order valence-corrected chi connectivity index (χ3v) is 4.75. The molecular weight excluding hydrogens is 346 g/mol. The molecule has 3 heteroatoms. The van der Waals surface area contributed by atoms with Crippen LogP contribution >= 0.6 is 0 Å². The van der Waals surface area contributed by atoms with Gasteiger partial charge in [0.05, 0.1) is 6.04 Å². The van der Waals surface area contributed by atoms with Gasteiger partial charge in [-0.15, -0.1) is 0 Å². The highest BCUT2D eigenvalue weighted by Crippen LogP contribution is 2.17. The first-order valence-corrected chi connectivity index (χ1v) is 9.74. The Morgan fingerprint density at radius 2 is 1.57 bits per heavy atom. The number of carbonyl (C=O) groups excluding carboxylic acids is 1. The molecule has 0 bridgehead atoms. The van der Waals surface area contributed by atoms with Crippen molar-refractivity contribution in [2.75, 3.05) is 6.61 Å². The van der Waals surface area contributed by atoms with Crippen molar-refractivity contribution >= 4 is 5.91 Å². The van der Waals surface area contributed by atoms with Crippen molar-refractivity contribution in [3.63, 3.8) is 0 Å². The number of benzene rings is 3. The lowest BCUT2D eigenvalue weighted by Gasteiger charge is -2.17. The van der Waals surface area contributed by atoms with Crippen molar-refractivity contribution in [2.24, 2.45) is 0 Å². The minimum absolute atomic E-state index is 0.0513. The summed E-state index contributed by atoms with van der Waals surface area (Å²) in [5.74, 6) is 0.802. The summed E-state index contributed by atoms with van der Waals surface area (Å²) in [4.78, 5) is 12.8. The standard InChI is InChI=1S/C25H27NO2/c1-19-10-6-9-15-24(19)28-18-20(2)26-25(27)23-14-8-7-13-22(23)17-16-21-11-4-3-5-12-21/h3-15,20H,16-18H2,1-2H3,(H,26,27)/t20-/m0/s1. The summed E-state index contributed by atoms with van der Waals surface area (Å²) in [6, 6.07) is 26.0. The third-order valence-electron chi connectivity index (χ3n) is 4.75. The lowest BCUT2D eigenvalue weighted by Crippen LogP contribution is -2.37. The number of para-hydroxylation sites is 1. The maximum absolute atomic E-state index is 12.8. The van der Waals surface area contributed by atoms with Crippen LogP contribution < -0.4 is 10.1 Å². The minimum atomic E-state index is -0.0886. The van der Waals surface area contributed by atoms with E-state index in [1.54, 1.807) is 0 Å². The van der Waals surface area contributed by atoms with E-state index in [4.69, 9.17) is 4.74 Å². The minimum Gasteiger partial charge on any atom is -0.491 e. The van der Waals surface area contributed by atoms with Crippen molar-refractivity contribution in [1.82, 2.24) is 5.32 Å². The summed E-state index contributed by atoms with van der Waals surface area (Å²) in [7, 11) is 0. The van der Waals surface area contributed by atoms with Crippen molar-refractivity contribution in [2.45, 2.75) is 32.7 Å². The van der Waals surface area contributed by atoms with Crippen molar-refractivity contribution in [1.29, 1.82) is 0 Å². The Morgan fingerprint density at radius 1 is 0.893 bits per heavy atom. The molecule has 0 spiro atoms. The van der Waals surface area contributed by atoms with Gasteiger partial charge in [0, 0.05) is 5.56 Å². The average Bonchev–Trinajstić information content (AvgIpc) is 2.72. The molecule has 0 aliphatic carbocycles. The smallest absolute Gasteiger partial charge is 0.251 e. The van der Waals surface area contributed by atoms with Gasteiger partial charge < -0.3 is 10.1 Å². The number of nitrogens with one attached hydrogen (secondary N) is 1. The number of aryl methyl sites for hydroxylation is 3. The molecule has 28 heavy (non-hydrogen) atoms. The Hall–Kier alpha value is -3.07. The molecule has 3 nitrogen and oxygen atoms in total. The number of hydrogen-bond donors (Lipinski definition) is 1. The van der Waals surface area contributed by atoms with Crippen LogP contribution in [0.25, 0.3) is 0 Å². The Labute approximate surface area is 167 Å². The van der Waals surface area contributed by atoms with Crippen LogP contribution in [0.2, 0.25) is 0 Å². The molecule has 0 radical (unpaired) electrons. The molecule has 0 saturated heterocycles. The molecule has 0 unspecified atom stereocenters. The molecule has 1 N–H and O–H groups in total. The van der Waals surface area contributed by atoms with Gasteiger partial charge >= 0.3 is 0 Å². The van der Waals surface area contributed by atoms with Gasteiger partial charge in [0.15, 0.2) is 0 Å². The summed E-state index contributed by atoms with van der Waals surface area (Å²) in [6.45, 7) is 4.41. The topological polar surface area (TPSA) is 38.3 Å². The van der Waals surface area contributed by atoms with E-state index in [0.29, 0.717) is 6.61 Å². The van der Waals surface area contributed by atoms with E-state index < -0.39 is 0 Å². The SMILES string of the molecule is Cc1ccccc1OC[C@H](C)NC(=O)c1ccccc1CCc1ccccc1. The molecule has 0 aliphatic rings. The zero-order valence-electron chi connectivity index (χ0n) is 16.5. The van der Waals surface area contributed by atoms with E-state index in [9.17, 15) is 4.79 Å². The number of carbonyl (C=O) groups is 1. The summed E-state index contributed by atoms with van der Waals surface area (Å²) < 4.78 is 5.86.